The van der Waals surface area contributed by atoms with Gasteiger partial charge >= 0.3 is 0 Å². The summed E-state index contributed by atoms with van der Waals surface area (Å²) in [6.07, 6.45) is 1.26. The normalized spacial score (nSPS) is 14.3. The maximum atomic E-state index is 10.3. The van der Waals surface area contributed by atoms with Crippen LogP contribution in [0.2, 0.25) is 0 Å². The summed E-state index contributed by atoms with van der Waals surface area (Å²) < 4.78 is 11.9. The molecule has 0 bridgehead atoms. The molecule has 2 N–H and O–H groups in total. The fraction of sp³-hybridized carbons (Fsp3) is 0.143. The predicted molar refractivity (Wildman–Crippen MR) is 85.3 cm³/mol. The highest BCUT2D eigenvalue weighted by atomic mass is 79.9. The maximum Gasteiger partial charge on any atom is 0.151 e. The van der Waals surface area contributed by atoms with Crippen LogP contribution in [-0.4, -0.2) is 10.2 Å². The molecule has 2 atom stereocenters. The third kappa shape index (κ3) is 2.89. The van der Waals surface area contributed by atoms with Crippen LogP contribution >= 0.6 is 43.2 Å². The van der Waals surface area contributed by atoms with Crippen molar-refractivity contribution in [1.29, 1.82) is 0 Å². The van der Waals surface area contributed by atoms with E-state index in [1.807, 2.05) is 0 Å². The monoisotopic (exact) mass is 432 g/mol. The third-order valence-corrected chi connectivity index (χ3v) is 5.47. The zero-order valence-corrected chi connectivity index (χ0v) is 14.5. The molecule has 0 aliphatic heterocycles. The molecule has 0 radical (unpaired) electrons. The largest absolute Gasteiger partial charge is 0.465 e. The van der Waals surface area contributed by atoms with Gasteiger partial charge in [-0.1, -0.05) is 0 Å². The van der Waals surface area contributed by atoms with E-state index in [4.69, 9.17) is 8.83 Å². The molecule has 0 spiro atoms. The number of thiophene rings is 1. The first-order valence-corrected chi connectivity index (χ1v) is 8.39. The van der Waals surface area contributed by atoms with Gasteiger partial charge in [-0.3, -0.25) is 0 Å². The fourth-order valence-electron chi connectivity index (χ4n) is 1.92. The molecule has 0 saturated heterocycles. The summed E-state index contributed by atoms with van der Waals surface area (Å²) in [5.74, 6) is 0.883. The predicted octanol–water partition coefficient (Wildman–Crippen LogP) is 4.62. The molecule has 0 aliphatic carbocycles. The number of hydrogen-bond acceptors (Lipinski definition) is 5. The zero-order valence-electron chi connectivity index (χ0n) is 10.5. The Morgan fingerprint density at radius 2 is 1.24 bits per heavy atom. The molecular weight excluding hydrogens is 424 g/mol. The van der Waals surface area contributed by atoms with Gasteiger partial charge in [0.1, 0.15) is 12.2 Å². The lowest BCUT2D eigenvalue weighted by atomic mass is 10.2. The first-order chi connectivity index (χ1) is 10.1. The Hall–Kier alpha value is -0.860. The third-order valence-electron chi connectivity index (χ3n) is 2.97. The Morgan fingerprint density at radius 1 is 0.810 bits per heavy atom. The van der Waals surface area contributed by atoms with E-state index in [9.17, 15) is 10.2 Å². The van der Waals surface area contributed by atoms with Crippen molar-refractivity contribution in [3.05, 3.63) is 67.0 Å². The van der Waals surface area contributed by atoms with Gasteiger partial charge in [0, 0.05) is 9.75 Å². The Kier molecular flexibility index (Phi) is 4.37. The second kappa shape index (κ2) is 6.10. The van der Waals surface area contributed by atoms with Gasteiger partial charge in [-0.05, 0) is 56.1 Å². The Bertz CT molecular complexity index is 685. The standard InChI is InChI=1S/C14H10Br2O4S/c15-7-3-5-19-13(7)11(17)9-1-2-10(21-9)12(18)14-8(16)4-6-20-14/h1-6,11-12,17-18H. The van der Waals surface area contributed by atoms with Crippen molar-refractivity contribution in [1.82, 2.24) is 0 Å². The van der Waals surface area contributed by atoms with E-state index in [0.717, 1.165) is 0 Å². The summed E-state index contributed by atoms with van der Waals surface area (Å²) in [5.41, 5.74) is 0. The average Bonchev–Trinajstić information content (AvgIpc) is 3.17. The number of aliphatic hydroxyl groups is 2. The van der Waals surface area contributed by atoms with E-state index >= 15 is 0 Å². The Morgan fingerprint density at radius 3 is 1.57 bits per heavy atom. The van der Waals surface area contributed by atoms with Gasteiger partial charge in [0.2, 0.25) is 0 Å². The second-order valence-corrected chi connectivity index (χ2v) is 7.17. The van der Waals surface area contributed by atoms with Crippen LogP contribution in [0.4, 0.5) is 0 Å². The number of halogens is 2. The van der Waals surface area contributed by atoms with Crippen LogP contribution in [0.1, 0.15) is 33.5 Å². The molecule has 4 nitrogen and oxygen atoms in total. The average molecular weight is 434 g/mol. The van der Waals surface area contributed by atoms with Crippen molar-refractivity contribution in [3.63, 3.8) is 0 Å². The number of furan rings is 2. The van der Waals surface area contributed by atoms with Crippen molar-refractivity contribution in [2.75, 3.05) is 0 Å². The summed E-state index contributed by atoms with van der Waals surface area (Å²) >= 11 is 7.94. The van der Waals surface area contributed by atoms with Crippen LogP contribution in [0.25, 0.3) is 0 Å². The molecule has 110 valence electrons. The second-order valence-electron chi connectivity index (χ2n) is 4.31. The Balaban J connectivity index is 1.87. The van der Waals surface area contributed by atoms with Crippen molar-refractivity contribution in [3.8, 4) is 0 Å². The van der Waals surface area contributed by atoms with Crippen LogP contribution in [0.15, 0.2) is 54.6 Å². The maximum absolute atomic E-state index is 10.3. The highest BCUT2D eigenvalue weighted by Crippen LogP contribution is 2.37. The van der Waals surface area contributed by atoms with E-state index < -0.39 is 12.2 Å². The van der Waals surface area contributed by atoms with Gasteiger partial charge in [-0.2, -0.15) is 0 Å². The van der Waals surface area contributed by atoms with Gasteiger partial charge < -0.3 is 19.0 Å². The minimum Gasteiger partial charge on any atom is -0.465 e. The summed E-state index contributed by atoms with van der Waals surface area (Å²) in [6.45, 7) is 0. The summed E-state index contributed by atoms with van der Waals surface area (Å²) in [5, 5.41) is 20.6. The molecular formula is C14H10Br2O4S. The van der Waals surface area contributed by atoms with Gasteiger partial charge in [0.05, 0.1) is 21.5 Å². The lowest BCUT2D eigenvalue weighted by molar-refractivity contribution is 0.191. The lowest BCUT2D eigenvalue weighted by Gasteiger charge is -2.07. The van der Waals surface area contributed by atoms with Crippen molar-refractivity contribution >= 4 is 43.2 Å². The van der Waals surface area contributed by atoms with E-state index in [-0.39, 0.29) is 0 Å². The quantitative estimate of drug-likeness (QED) is 0.629. The molecule has 3 heterocycles. The minimum atomic E-state index is -0.875. The van der Waals surface area contributed by atoms with Crippen molar-refractivity contribution < 1.29 is 19.0 Å². The SMILES string of the molecule is OC(c1ccc(C(O)c2occc2Br)s1)c1occc1Br. The Labute approximate surface area is 141 Å². The van der Waals surface area contributed by atoms with E-state index in [0.29, 0.717) is 30.2 Å². The van der Waals surface area contributed by atoms with Crippen molar-refractivity contribution in [2.45, 2.75) is 12.2 Å². The van der Waals surface area contributed by atoms with Crippen molar-refractivity contribution in [2.24, 2.45) is 0 Å². The van der Waals surface area contributed by atoms with E-state index in [1.54, 1.807) is 24.3 Å². The molecule has 3 aromatic heterocycles. The molecule has 0 aliphatic rings. The lowest BCUT2D eigenvalue weighted by Crippen LogP contribution is -1.96. The van der Waals surface area contributed by atoms with Crippen LogP contribution in [0.5, 0.6) is 0 Å². The first kappa shape index (κ1) is 15.1. The number of aliphatic hydroxyl groups excluding tert-OH is 2. The smallest absolute Gasteiger partial charge is 0.151 e. The highest BCUT2D eigenvalue weighted by molar-refractivity contribution is 9.10. The summed E-state index contributed by atoms with van der Waals surface area (Å²) in [4.78, 5) is 1.37. The molecule has 7 heteroatoms. The molecule has 3 aromatic rings. The molecule has 0 saturated carbocycles. The van der Waals surface area contributed by atoms with Crippen LogP contribution < -0.4 is 0 Å². The van der Waals surface area contributed by atoms with Crippen LogP contribution in [0, 0.1) is 0 Å². The highest BCUT2D eigenvalue weighted by Gasteiger charge is 2.23. The van der Waals surface area contributed by atoms with Crippen LogP contribution in [0.3, 0.4) is 0 Å². The van der Waals surface area contributed by atoms with E-state index in [2.05, 4.69) is 31.9 Å². The number of hydrogen-bond donors (Lipinski definition) is 2. The van der Waals surface area contributed by atoms with Gasteiger partial charge in [0.15, 0.2) is 11.5 Å². The van der Waals surface area contributed by atoms with Gasteiger partial charge in [-0.25, -0.2) is 0 Å². The molecule has 0 aromatic carbocycles. The van der Waals surface area contributed by atoms with Gasteiger partial charge in [0.25, 0.3) is 0 Å². The topological polar surface area (TPSA) is 66.7 Å². The number of rotatable bonds is 4. The first-order valence-electron chi connectivity index (χ1n) is 5.99. The molecule has 21 heavy (non-hydrogen) atoms. The zero-order chi connectivity index (χ0) is 15.0. The minimum absolute atomic E-state index is 0.442. The summed E-state index contributed by atoms with van der Waals surface area (Å²) in [6, 6.07) is 6.98. The fourth-order valence-corrected chi connectivity index (χ4v) is 3.74. The van der Waals surface area contributed by atoms with E-state index in [1.165, 1.54) is 23.9 Å². The molecule has 0 fully saturated rings. The van der Waals surface area contributed by atoms with Crippen LogP contribution in [-0.2, 0) is 0 Å². The molecule has 2 unspecified atom stereocenters. The summed E-state index contributed by atoms with van der Waals surface area (Å²) in [7, 11) is 0. The van der Waals surface area contributed by atoms with Gasteiger partial charge in [-0.15, -0.1) is 11.3 Å². The molecule has 3 rings (SSSR count). The molecule has 0 amide bonds.